The monoisotopic (exact) mass is 415 g/mol. The van der Waals surface area contributed by atoms with Crippen LogP contribution in [0.25, 0.3) is 0 Å². The summed E-state index contributed by atoms with van der Waals surface area (Å²) in [5.74, 6) is -1.14. The van der Waals surface area contributed by atoms with Gasteiger partial charge in [-0.25, -0.2) is 0 Å². The Morgan fingerprint density at radius 3 is 2.90 bits per heavy atom. The van der Waals surface area contributed by atoms with Crippen molar-refractivity contribution in [3.8, 4) is 0 Å². The van der Waals surface area contributed by atoms with Gasteiger partial charge in [-0.1, -0.05) is 17.7 Å². The van der Waals surface area contributed by atoms with Crippen molar-refractivity contribution in [3.63, 3.8) is 0 Å². The van der Waals surface area contributed by atoms with E-state index in [4.69, 9.17) is 11.6 Å². The molecule has 29 heavy (non-hydrogen) atoms. The number of amides is 2. The molecule has 3 N–H and O–H groups in total. The fourth-order valence-electron chi connectivity index (χ4n) is 3.93. The minimum atomic E-state index is -0.929. The van der Waals surface area contributed by atoms with Crippen molar-refractivity contribution in [1.29, 1.82) is 0 Å². The number of benzene rings is 1. The molecule has 0 radical (unpaired) electrons. The summed E-state index contributed by atoms with van der Waals surface area (Å²) in [5, 5.41) is 5.86. The van der Waals surface area contributed by atoms with Crippen LogP contribution in [0.2, 0.25) is 5.02 Å². The summed E-state index contributed by atoms with van der Waals surface area (Å²) >= 11 is 5.96. The molecule has 0 saturated carbocycles. The largest absolute Gasteiger partial charge is 0.340 e. The number of nitrogens with one attached hydrogen (secondary N) is 3. The van der Waals surface area contributed by atoms with Crippen molar-refractivity contribution in [2.24, 2.45) is 0 Å². The number of fused-ring (bicyclic) bond motifs is 1. The molecular weight excluding hydrogens is 394 g/mol. The summed E-state index contributed by atoms with van der Waals surface area (Å²) in [6.07, 6.45) is 3.04. The Morgan fingerprint density at radius 1 is 1.31 bits per heavy atom. The number of carbonyl (C=O) groups excluding carboxylic acids is 2. The fourth-order valence-corrected chi connectivity index (χ4v) is 4.12. The maximum Gasteiger partial charge on any atom is 0.258 e. The van der Waals surface area contributed by atoms with Crippen LogP contribution >= 0.6 is 11.6 Å². The summed E-state index contributed by atoms with van der Waals surface area (Å²) in [5.41, 5.74) is 0.268. The molecule has 8 nitrogen and oxygen atoms in total. The topological polar surface area (TPSA) is 107 Å². The number of aromatic nitrogens is 2. The normalized spacial score (nSPS) is 21.3. The number of anilines is 3. The maximum atomic E-state index is 12.9. The Hall–Kier alpha value is -2.87. The maximum absolute atomic E-state index is 12.9. The van der Waals surface area contributed by atoms with E-state index in [-0.39, 0.29) is 29.8 Å². The van der Waals surface area contributed by atoms with Crippen molar-refractivity contribution in [2.45, 2.75) is 44.6 Å². The quantitative estimate of drug-likeness (QED) is 0.714. The van der Waals surface area contributed by atoms with Crippen molar-refractivity contribution >= 4 is 40.9 Å². The number of piperidine rings is 1. The Kier molecular flexibility index (Phi) is 5.27. The molecule has 1 aromatic carbocycles. The molecule has 0 spiro atoms. The minimum Gasteiger partial charge on any atom is -0.340 e. The smallest absolute Gasteiger partial charge is 0.258 e. The van der Waals surface area contributed by atoms with Gasteiger partial charge < -0.3 is 15.5 Å². The predicted molar refractivity (Wildman–Crippen MR) is 112 cm³/mol. The van der Waals surface area contributed by atoms with Gasteiger partial charge in [0.15, 0.2) is 0 Å². The highest BCUT2D eigenvalue weighted by Gasteiger charge is 2.35. The lowest BCUT2D eigenvalue weighted by atomic mass is 9.92. The lowest BCUT2D eigenvalue weighted by molar-refractivity contribution is -0.123. The molecule has 2 amide bonds. The average Bonchev–Trinajstić information content (AvgIpc) is 2.67. The highest BCUT2D eigenvalue weighted by molar-refractivity contribution is 6.30. The summed E-state index contributed by atoms with van der Waals surface area (Å²) in [6, 6.07) is 6.94. The molecule has 1 saturated heterocycles. The molecule has 0 bridgehead atoms. The Morgan fingerprint density at radius 2 is 2.14 bits per heavy atom. The van der Waals surface area contributed by atoms with E-state index in [1.165, 1.54) is 0 Å². The van der Waals surface area contributed by atoms with Crippen molar-refractivity contribution in [3.05, 3.63) is 45.2 Å². The van der Waals surface area contributed by atoms with E-state index in [0.717, 1.165) is 25.8 Å². The molecule has 2 atom stereocenters. The highest BCUT2D eigenvalue weighted by atomic mass is 35.5. The third kappa shape index (κ3) is 3.98. The van der Waals surface area contributed by atoms with Crippen LogP contribution in [0.1, 0.15) is 44.1 Å². The number of carbonyl (C=O) groups is 2. The summed E-state index contributed by atoms with van der Waals surface area (Å²) in [6.45, 7) is 2.87. The van der Waals surface area contributed by atoms with Crippen LogP contribution < -0.4 is 21.1 Å². The van der Waals surface area contributed by atoms with Crippen LogP contribution in [0.15, 0.2) is 29.1 Å². The first-order valence-electron chi connectivity index (χ1n) is 9.69. The van der Waals surface area contributed by atoms with Gasteiger partial charge in [0, 0.05) is 29.7 Å². The zero-order chi connectivity index (χ0) is 20.5. The first kappa shape index (κ1) is 19.4. The Bertz CT molecular complexity index is 1020. The van der Waals surface area contributed by atoms with Crippen molar-refractivity contribution in [2.75, 3.05) is 22.1 Å². The molecular formula is C20H22ClN5O3. The first-order chi connectivity index (χ1) is 13.9. The number of nitrogens with zero attached hydrogens (tertiary/aromatic N) is 2. The van der Waals surface area contributed by atoms with E-state index in [0.29, 0.717) is 16.7 Å². The standard InChI is InChI=1S/C20H22ClN5O3/c1-11-5-2-3-8-26(11)20-24-17-16(19(29)25-20)14(10-15(27)23-17)18(28)22-13-7-4-6-12(21)9-13/h4,6-7,9,11,14H,2-3,5,8,10H2,1H3,(H,22,28)(H2,23,24,25,27,29)/t11-,14+/m0/s1. The molecule has 2 aliphatic rings. The summed E-state index contributed by atoms with van der Waals surface area (Å²) in [7, 11) is 0. The highest BCUT2D eigenvalue weighted by Crippen LogP contribution is 2.31. The van der Waals surface area contributed by atoms with Gasteiger partial charge in [-0.3, -0.25) is 19.4 Å². The van der Waals surface area contributed by atoms with Gasteiger partial charge in [0.25, 0.3) is 5.56 Å². The molecule has 1 aromatic heterocycles. The number of rotatable bonds is 3. The lowest BCUT2D eigenvalue weighted by Gasteiger charge is -2.34. The van der Waals surface area contributed by atoms with Crippen LogP contribution in [-0.2, 0) is 9.59 Å². The Balaban J connectivity index is 1.66. The van der Waals surface area contributed by atoms with E-state index < -0.39 is 17.4 Å². The number of hydrogen-bond acceptors (Lipinski definition) is 5. The third-order valence-electron chi connectivity index (χ3n) is 5.42. The van der Waals surface area contributed by atoms with Gasteiger partial charge in [-0.15, -0.1) is 0 Å². The number of aromatic amines is 1. The average molecular weight is 416 g/mol. The Labute approximate surface area is 172 Å². The molecule has 3 heterocycles. The third-order valence-corrected chi connectivity index (χ3v) is 5.66. The van der Waals surface area contributed by atoms with E-state index in [9.17, 15) is 14.4 Å². The van der Waals surface area contributed by atoms with E-state index in [1.54, 1.807) is 24.3 Å². The van der Waals surface area contributed by atoms with Crippen molar-refractivity contribution in [1.82, 2.24) is 9.97 Å². The summed E-state index contributed by atoms with van der Waals surface area (Å²) in [4.78, 5) is 47.3. The second-order valence-corrected chi connectivity index (χ2v) is 7.93. The number of hydrogen-bond donors (Lipinski definition) is 3. The first-order valence-corrected chi connectivity index (χ1v) is 10.1. The number of H-pyrrole nitrogens is 1. The molecule has 152 valence electrons. The zero-order valence-electron chi connectivity index (χ0n) is 16.0. The minimum absolute atomic E-state index is 0.121. The SMILES string of the molecule is C[C@H]1CCCCN1c1nc2c(c(=O)[nH]1)[C@H](C(=O)Nc1cccc(Cl)c1)CC(=O)N2. The van der Waals surface area contributed by atoms with Gasteiger partial charge in [-0.2, -0.15) is 4.98 Å². The van der Waals surface area contributed by atoms with E-state index in [2.05, 4.69) is 27.5 Å². The molecule has 0 unspecified atom stereocenters. The van der Waals surface area contributed by atoms with E-state index in [1.807, 2.05) is 4.90 Å². The molecule has 0 aliphatic carbocycles. The molecule has 2 aliphatic heterocycles. The summed E-state index contributed by atoms with van der Waals surface area (Å²) < 4.78 is 0. The van der Waals surface area contributed by atoms with Gasteiger partial charge >= 0.3 is 0 Å². The molecule has 9 heteroatoms. The second kappa shape index (κ2) is 7.87. The lowest BCUT2D eigenvalue weighted by Crippen LogP contribution is -2.41. The van der Waals surface area contributed by atoms with Gasteiger partial charge in [0.1, 0.15) is 5.82 Å². The zero-order valence-corrected chi connectivity index (χ0v) is 16.8. The fraction of sp³-hybridized carbons (Fsp3) is 0.400. The van der Waals surface area contributed by atoms with Crippen LogP contribution in [0.3, 0.4) is 0 Å². The van der Waals surface area contributed by atoms with Crippen LogP contribution in [0.5, 0.6) is 0 Å². The molecule has 1 fully saturated rings. The molecule has 2 aromatic rings. The van der Waals surface area contributed by atoms with Crippen LogP contribution in [-0.4, -0.2) is 34.4 Å². The van der Waals surface area contributed by atoms with Gasteiger partial charge in [0.2, 0.25) is 17.8 Å². The van der Waals surface area contributed by atoms with Crippen molar-refractivity contribution < 1.29 is 9.59 Å². The van der Waals surface area contributed by atoms with Crippen LogP contribution in [0, 0.1) is 0 Å². The predicted octanol–water partition coefficient (Wildman–Crippen LogP) is 2.87. The van der Waals surface area contributed by atoms with Gasteiger partial charge in [-0.05, 0) is 44.4 Å². The molecule has 4 rings (SSSR count). The second-order valence-electron chi connectivity index (χ2n) is 7.49. The van der Waals surface area contributed by atoms with Crippen LogP contribution in [0.4, 0.5) is 17.5 Å². The van der Waals surface area contributed by atoms with E-state index >= 15 is 0 Å². The van der Waals surface area contributed by atoms with Gasteiger partial charge in [0.05, 0.1) is 11.5 Å². The number of halogens is 1.